The van der Waals surface area contributed by atoms with Crippen LogP contribution in [0.4, 0.5) is 0 Å². The average Bonchev–Trinajstić information content (AvgIpc) is 2.40. The molecule has 0 aliphatic carbocycles. The smallest absolute Gasteiger partial charge is 0.338 e. The van der Waals surface area contributed by atoms with Gasteiger partial charge in [0.15, 0.2) is 0 Å². The number of rotatable bonds is 7. The van der Waals surface area contributed by atoms with Crippen LogP contribution in [0.5, 0.6) is 0 Å². The monoisotopic (exact) mass is 278 g/mol. The van der Waals surface area contributed by atoms with Crippen molar-refractivity contribution in [3.63, 3.8) is 0 Å². The molecule has 0 aromatic heterocycles. The maximum atomic E-state index is 12.0. The molecule has 0 amide bonds. The minimum atomic E-state index is -0.981. The topological polar surface area (TPSA) is 63.6 Å². The maximum absolute atomic E-state index is 12.0. The summed E-state index contributed by atoms with van der Waals surface area (Å²) in [5.41, 5.74) is 1.95. The summed E-state index contributed by atoms with van der Waals surface area (Å²) in [4.78, 5) is 23.0. The van der Waals surface area contributed by atoms with Crippen LogP contribution in [0.1, 0.15) is 64.4 Å². The second-order valence-corrected chi connectivity index (χ2v) is 4.91. The minimum absolute atomic E-state index is 0.224. The van der Waals surface area contributed by atoms with E-state index in [4.69, 9.17) is 9.84 Å². The first-order valence-corrected chi connectivity index (χ1v) is 6.99. The molecule has 1 rings (SSSR count). The fourth-order valence-corrected chi connectivity index (χ4v) is 2.04. The molecule has 0 heterocycles. The molecule has 0 bridgehead atoms. The molecule has 4 heteroatoms. The van der Waals surface area contributed by atoms with E-state index < -0.39 is 5.97 Å². The van der Waals surface area contributed by atoms with Crippen molar-refractivity contribution >= 4 is 11.9 Å². The highest BCUT2D eigenvalue weighted by Crippen LogP contribution is 2.19. The summed E-state index contributed by atoms with van der Waals surface area (Å²) in [6.07, 6.45) is 4.20. The van der Waals surface area contributed by atoms with Gasteiger partial charge in [0, 0.05) is 0 Å². The molecule has 110 valence electrons. The number of unbranched alkanes of at least 4 members (excludes halogenated alkanes) is 3. The van der Waals surface area contributed by atoms with E-state index in [1.165, 1.54) is 12.1 Å². The van der Waals surface area contributed by atoms with Crippen molar-refractivity contribution in [3.05, 3.63) is 34.4 Å². The van der Waals surface area contributed by atoms with E-state index in [9.17, 15) is 9.59 Å². The first-order valence-electron chi connectivity index (χ1n) is 6.99. The van der Waals surface area contributed by atoms with E-state index in [0.29, 0.717) is 23.3 Å². The number of benzene rings is 1. The molecular weight excluding hydrogens is 256 g/mol. The summed E-state index contributed by atoms with van der Waals surface area (Å²) in [6.45, 7) is 5.99. The highest BCUT2D eigenvalue weighted by molar-refractivity contribution is 5.95. The van der Waals surface area contributed by atoms with Gasteiger partial charge >= 0.3 is 11.9 Å². The van der Waals surface area contributed by atoms with E-state index in [1.807, 2.05) is 0 Å². The Bertz CT molecular complexity index is 491. The van der Waals surface area contributed by atoms with Crippen LogP contribution in [-0.2, 0) is 4.74 Å². The number of carbonyl (C=O) groups excluding carboxylic acids is 1. The first-order chi connectivity index (χ1) is 9.49. The third kappa shape index (κ3) is 4.08. The van der Waals surface area contributed by atoms with Crippen molar-refractivity contribution < 1.29 is 19.4 Å². The van der Waals surface area contributed by atoms with Crippen LogP contribution in [0.15, 0.2) is 12.1 Å². The van der Waals surface area contributed by atoms with E-state index in [1.54, 1.807) is 13.8 Å². The normalized spacial score (nSPS) is 10.3. The van der Waals surface area contributed by atoms with Crippen molar-refractivity contribution in [3.8, 4) is 0 Å². The highest BCUT2D eigenvalue weighted by Gasteiger charge is 2.16. The first kappa shape index (κ1) is 16.2. The van der Waals surface area contributed by atoms with Crippen molar-refractivity contribution in [2.75, 3.05) is 6.61 Å². The zero-order valence-electron chi connectivity index (χ0n) is 12.4. The number of ether oxygens (including phenoxy) is 1. The molecule has 1 N–H and O–H groups in total. The number of carboxylic acid groups (broad SMARTS) is 1. The second-order valence-electron chi connectivity index (χ2n) is 4.91. The predicted octanol–water partition coefficient (Wildman–Crippen LogP) is 3.74. The van der Waals surface area contributed by atoms with Crippen LogP contribution in [0, 0.1) is 13.8 Å². The summed E-state index contributed by atoms with van der Waals surface area (Å²) >= 11 is 0. The summed E-state index contributed by atoms with van der Waals surface area (Å²) in [6, 6.07) is 2.98. The van der Waals surface area contributed by atoms with Gasteiger partial charge in [0.05, 0.1) is 17.7 Å². The van der Waals surface area contributed by atoms with Crippen LogP contribution in [0.25, 0.3) is 0 Å². The number of esters is 1. The Balaban J connectivity index is 2.70. The highest BCUT2D eigenvalue weighted by atomic mass is 16.5. The maximum Gasteiger partial charge on any atom is 0.338 e. The van der Waals surface area contributed by atoms with Gasteiger partial charge in [0.1, 0.15) is 0 Å². The Morgan fingerprint density at radius 2 is 1.65 bits per heavy atom. The van der Waals surface area contributed by atoms with Crippen molar-refractivity contribution in [2.24, 2.45) is 0 Å². The van der Waals surface area contributed by atoms with Gasteiger partial charge in [0.2, 0.25) is 0 Å². The van der Waals surface area contributed by atoms with Crippen molar-refractivity contribution in [1.82, 2.24) is 0 Å². The van der Waals surface area contributed by atoms with Crippen LogP contribution < -0.4 is 0 Å². The van der Waals surface area contributed by atoms with Crippen LogP contribution >= 0.6 is 0 Å². The lowest BCUT2D eigenvalue weighted by Crippen LogP contribution is -2.11. The SMILES string of the molecule is CCCCCCOC(=O)c1ccc(C(=O)O)c(C)c1C. The largest absolute Gasteiger partial charge is 0.478 e. The number of aromatic carboxylic acids is 1. The molecule has 1 aromatic rings. The zero-order chi connectivity index (χ0) is 15.1. The molecule has 20 heavy (non-hydrogen) atoms. The molecule has 0 aliphatic rings. The van der Waals surface area contributed by atoms with Gasteiger partial charge in [-0.2, -0.15) is 0 Å². The van der Waals surface area contributed by atoms with Gasteiger partial charge < -0.3 is 9.84 Å². The molecular formula is C16H22O4. The van der Waals surface area contributed by atoms with Gasteiger partial charge in [-0.15, -0.1) is 0 Å². The molecule has 0 unspecified atom stereocenters. The molecule has 0 radical (unpaired) electrons. The molecule has 0 saturated carbocycles. The summed E-state index contributed by atoms with van der Waals surface area (Å²) < 4.78 is 5.22. The van der Waals surface area contributed by atoms with Gasteiger partial charge in [0.25, 0.3) is 0 Å². The van der Waals surface area contributed by atoms with E-state index >= 15 is 0 Å². The third-order valence-electron chi connectivity index (χ3n) is 3.47. The number of carbonyl (C=O) groups is 2. The molecule has 0 fully saturated rings. The fourth-order valence-electron chi connectivity index (χ4n) is 2.04. The van der Waals surface area contributed by atoms with Crippen LogP contribution in [0.3, 0.4) is 0 Å². The van der Waals surface area contributed by atoms with Crippen molar-refractivity contribution in [1.29, 1.82) is 0 Å². The average molecular weight is 278 g/mol. The lowest BCUT2D eigenvalue weighted by Gasteiger charge is -2.11. The van der Waals surface area contributed by atoms with Crippen LogP contribution in [0.2, 0.25) is 0 Å². The lowest BCUT2D eigenvalue weighted by molar-refractivity contribution is 0.0495. The summed E-state index contributed by atoms with van der Waals surface area (Å²) in [5.74, 6) is -1.36. The van der Waals surface area contributed by atoms with E-state index in [-0.39, 0.29) is 11.5 Å². The standard InChI is InChI=1S/C16H22O4/c1-4-5-6-7-10-20-16(19)14-9-8-13(15(17)18)11(2)12(14)3/h8-9H,4-7,10H2,1-3H3,(H,17,18). The number of hydrogen-bond donors (Lipinski definition) is 1. The minimum Gasteiger partial charge on any atom is -0.478 e. The molecule has 0 atom stereocenters. The Hall–Kier alpha value is -1.84. The van der Waals surface area contributed by atoms with E-state index in [2.05, 4.69) is 6.92 Å². The summed E-state index contributed by atoms with van der Waals surface area (Å²) in [7, 11) is 0. The second kappa shape index (κ2) is 7.68. The molecule has 0 spiro atoms. The lowest BCUT2D eigenvalue weighted by atomic mass is 9.98. The molecule has 0 aliphatic heterocycles. The summed E-state index contributed by atoms with van der Waals surface area (Å²) in [5, 5.41) is 9.03. The van der Waals surface area contributed by atoms with Gasteiger partial charge in [-0.05, 0) is 43.5 Å². The zero-order valence-corrected chi connectivity index (χ0v) is 12.4. The predicted molar refractivity (Wildman–Crippen MR) is 77.3 cm³/mol. The quantitative estimate of drug-likeness (QED) is 0.609. The number of carboxylic acids is 1. The molecule has 4 nitrogen and oxygen atoms in total. The molecule has 0 saturated heterocycles. The Morgan fingerprint density at radius 3 is 2.25 bits per heavy atom. The third-order valence-corrected chi connectivity index (χ3v) is 3.47. The fraction of sp³-hybridized carbons (Fsp3) is 0.500. The Morgan fingerprint density at radius 1 is 1.05 bits per heavy atom. The van der Waals surface area contributed by atoms with Crippen molar-refractivity contribution in [2.45, 2.75) is 46.5 Å². The van der Waals surface area contributed by atoms with E-state index in [0.717, 1.165) is 25.7 Å². The Labute approximate surface area is 119 Å². The van der Waals surface area contributed by atoms with Crippen LogP contribution in [-0.4, -0.2) is 23.7 Å². The van der Waals surface area contributed by atoms with Gasteiger partial charge in [-0.3, -0.25) is 0 Å². The van der Waals surface area contributed by atoms with Gasteiger partial charge in [-0.1, -0.05) is 26.2 Å². The molecule has 1 aromatic carbocycles. The van der Waals surface area contributed by atoms with Gasteiger partial charge in [-0.25, -0.2) is 9.59 Å². The number of hydrogen-bond acceptors (Lipinski definition) is 3. The Kier molecular flexibility index (Phi) is 6.22.